The van der Waals surface area contributed by atoms with Gasteiger partial charge in [-0.25, -0.2) is 0 Å². The fourth-order valence-corrected chi connectivity index (χ4v) is 6.01. The Morgan fingerprint density at radius 3 is 1.22 bits per heavy atom. The molecule has 0 spiro atoms. The lowest BCUT2D eigenvalue weighted by atomic mass is 10.3. The number of benzene rings is 2. The average molecular weight is 331 g/mol. The van der Waals surface area contributed by atoms with Gasteiger partial charge in [-0.2, -0.15) is 0 Å². The van der Waals surface area contributed by atoms with Crippen LogP contribution in [0, 0.1) is 0 Å². The minimum absolute atomic E-state index is 0.0375. The smallest absolute Gasteiger partial charge is 0.399 e. The van der Waals surface area contributed by atoms with Crippen LogP contribution in [0.3, 0.4) is 0 Å². The molecule has 2 aromatic rings. The quantitative estimate of drug-likeness (QED) is 0.629. The van der Waals surface area contributed by atoms with Gasteiger partial charge in [0, 0.05) is 23.6 Å². The van der Waals surface area contributed by atoms with E-state index in [0.29, 0.717) is 0 Å². The molecule has 2 rings (SSSR count). The van der Waals surface area contributed by atoms with E-state index < -0.39 is 8.56 Å². The van der Waals surface area contributed by atoms with Crippen molar-refractivity contribution in [3.05, 3.63) is 48.5 Å². The maximum absolute atomic E-state index is 6.44. The number of hydrogen-bond acceptors (Lipinski definition) is 4. The topological polar surface area (TPSA) is 70.5 Å². The predicted molar refractivity (Wildman–Crippen MR) is 99.2 cm³/mol. The molecular weight excluding hydrogens is 304 g/mol. The Labute approximate surface area is 139 Å². The van der Waals surface area contributed by atoms with Crippen LogP contribution in [0.2, 0.25) is 0 Å². The molecule has 0 aliphatic carbocycles. The first-order valence-electron chi connectivity index (χ1n) is 7.91. The van der Waals surface area contributed by atoms with E-state index in [9.17, 15) is 0 Å². The van der Waals surface area contributed by atoms with Crippen LogP contribution in [0.1, 0.15) is 27.7 Å². The maximum atomic E-state index is 6.44. The number of rotatable bonds is 6. The normalized spacial score (nSPS) is 12.1. The molecule has 2 aromatic carbocycles. The Morgan fingerprint density at radius 2 is 0.957 bits per heavy atom. The summed E-state index contributed by atoms with van der Waals surface area (Å²) in [6.07, 6.45) is 0.0750. The Bertz CT molecular complexity index is 567. The van der Waals surface area contributed by atoms with Gasteiger partial charge in [-0.3, -0.25) is 0 Å². The van der Waals surface area contributed by atoms with E-state index in [2.05, 4.69) is 0 Å². The van der Waals surface area contributed by atoms with E-state index in [1.165, 1.54) is 0 Å². The number of nitrogen functional groups attached to an aromatic ring is 2. The summed E-state index contributed by atoms with van der Waals surface area (Å²) in [5.74, 6) is 0. The predicted octanol–water partition coefficient (Wildman–Crippen LogP) is 2.26. The highest BCUT2D eigenvalue weighted by molar-refractivity contribution is 6.92. The first kappa shape index (κ1) is 17.5. The minimum Gasteiger partial charge on any atom is -0.399 e. The summed E-state index contributed by atoms with van der Waals surface area (Å²) in [5, 5.41) is 2.08. The SMILES string of the molecule is CC(C)O[Si](OC(C)C)(c1ccc(N)cc1)c1ccc(N)cc1. The first-order chi connectivity index (χ1) is 10.8. The van der Waals surface area contributed by atoms with Gasteiger partial charge in [0.1, 0.15) is 0 Å². The monoisotopic (exact) mass is 330 g/mol. The van der Waals surface area contributed by atoms with Gasteiger partial charge in [-0.05, 0) is 62.3 Å². The third-order valence-electron chi connectivity index (χ3n) is 3.38. The largest absolute Gasteiger partial charge is 0.407 e. The van der Waals surface area contributed by atoms with Gasteiger partial charge >= 0.3 is 8.56 Å². The standard InChI is InChI=1S/C18H26N2O2Si/c1-13(2)21-23(22-14(3)4,17-9-5-15(19)6-10-17)18-11-7-16(20)8-12-18/h5-14H,19-20H2,1-4H3. The van der Waals surface area contributed by atoms with Crippen molar-refractivity contribution in [2.24, 2.45) is 0 Å². The molecule has 0 saturated carbocycles. The highest BCUT2D eigenvalue weighted by Gasteiger charge is 2.44. The summed E-state index contributed by atoms with van der Waals surface area (Å²) in [5.41, 5.74) is 13.1. The Morgan fingerprint density at radius 1 is 0.652 bits per heavy atom. The second-order valence-electron chi connectivity index (χ2n) is 6.19. The number of anilines is 2. The molecule has 23 heavy (non-hydrogen) atoms. The highest BCUT2D eigenvalue weighted by Crippen LogP contribution is 2.16. The fraction of sp³-hybridized carbons (Fsp3) is 0.333. The molecule has 0 heterocycles. The molecule has 0 bridgehead atoms. The molecule has 0 atom stereocenters. The molecule has 4 N–H and O–H groups in total. The van der Waals surface area contributed by atoms with Gasteiger partial charge in [-0.1, -0.05) is 24.3 Å². The zero-order valence-electron chi connectivity index (χ0n) is 14.2. The Hall–Kier alpha value is -1.82. The van der Waals surface area contributed by atoms with Crippen LogP contribution in [0.15, 0.2) is 48.5 Å². The van der Waals surface area contributed by atoms with Crippen LogP contribution >= 0.6 is 0 Å². The van der Waals surface area contributed by atoms with Crippen LogP contribution in [0.25, 0.3) is 0 Å². The highest BCUT2D eigenvalue weighted by atomic mass is 28.4. The first-order valence-corrected chi connectivity index (χ1v) is 9.73. The van der Waals surface area contributed by atoms with E-state index in [0.717, 1.165) is 21.7 Å². The molecule has 5 heteroatoms. The lowest BCUT2D eigenvalue weighted by molar-refractivity contribution is 0.125. The molecule has 0 radical (unpaired) electrons. The van der Waals surface area contributed by atoms with Crippen molar-refractivity contribution in [2.75, 3.05) is 11.5 Å². The van der Waals surface area contributed by atoms with Crippen molar-refractivity contribution in [3.8, 4) is 0 Å². The van der Waals surface area contributed by atoms with Crippen LogP contribution in [-0.2, 0) is 8.85 Å². The van der Waals surface area contributed by atoms with Gasteiger partial charge in [0.25, 0.3) is 0 Å². The van der Waals surface area contributed by atoms with Crippen LogP contribution in [-0.4, -0.2) is 20.8 Å². The summed E-state index contributed by atoms with van der Waals surface area (Å²) in [6.45, 7) is 8.11. The zero-order chi connectivity index (χ0) is 17.0. The molecule has 0 unspecified atom stereocenters. The van der Waals surface area contributed by atoms with Crippen LogP contribution in [0.5, 0.6) is 0 Å². The summed E-state index contributed by atoms with van der Waals surface area (Å²) in [6, 6.07) is 15.6. The van der Waals surface area contributed by atoms with Crippen molar-refractivity contribution in [2.45, 2.75) is 39.9 Å². The molecule has 0 saturated heterocycles. The third kappa shape index (κ3) is 4.13. The molecule has 124 valence electrons. The fourth-order valence-electron chi connectivity index (χ4n) is 2.54. The van der Waals surface area contributed by atoms with Crippen molar-refractivity contribution in [1.29, 1.82) is 0 Å². The Balaban J connectivity index is 2.62. The summed E-state index contributed by atoms with van der Waals surface area (Å²) >= 11 is 0. The van der Waals surface area contributed by atoms with E-state index in [1.807, 2.05) is 76.2 Å². The molecule has 0 aromatic heterocycles. The van der Waals surface area contributed by atoms with Gasteiger partial charge in [0.2, 0.25) is 0 Å². The summed E-state index contributed by atoms with van der Waals surface area (Å²) in [7, 11) is -2.83. The van der Waals surface area contributed by atoms with Crippen molar-refractivity contribution in [3.63, 3.8) is 0 Å². The van der Waals surface area contributed by atoms with Crippen molar-refractivity contribution >= 4 is 30.3 Å². The third-order valence-corrected chi connectivity index (χ3v) is 7.18. The van der Waals surface area contributed by atoms with E-state index in [1.54, 1.807) is 0 Å². The van der Waals surface area contributed by atoms with Gasteiger partial charge in [0.05, 0.1) is 0 Å². The van der Waals surface area contributed by atoms with Gasteiger partial charge in [-0.15, -0.1) is 0 Å². The van der Waals surface area contributed by atoms with Crippen molar-refractivity contribution in [1.82, 2.24) is 0 Å². The van der Waals surface area contributed by atoms with E-state index in [4.69, 9.17) is 20.3 Å². The number of nitrogens with two attached hydrogens (primary N) is 2. The van der Waals surface area contributed by atoms with Gasteiger partial charge in [0.15, 0.2) is 0 Å². The van der Waals surface area contributed by atoms with Crippen LogP contribution < -0.4 is 21.8 Å². The molecule has 0 aliphatic heterocycles. The second-order valence-corrected chi connectivity index (χ2v) is 9.05. The van der Waals surface area contributed by atoms with E-state index >= 15 is 0 Å². The lowest BCUT2D eigenvalue weighted by Crippen LogP contribution is -2.65. The molecule has 0 aliphatic rings. The molecule has 4 nitrogen and oxygen atoms in total. The van der Waals surface area contributed by atoms with Gasteiger partial charge < -0.3 is 20.3 Å². The summed E-state index contributed by atoms with van der Waals surface area (Å²) < 4.78 is 12.9. The Kier molecular flexibility index (Phi) is 5.46. The number of hydrogen-bond donors (Lipinski definition) is 2. The lowest BCUT2D eigenvalue weighted by Gasteiger charge is -2.35. The van der Waals surface area contributed by atoms with E-state index in [-0.39, 0.29) is 12.2 Å². The molecule has 0 fully saturated rings. The average Bonchev–Trinajstić information content (AvgIpc) is 2.46. The summed E-state index contributed by atoms with van der Waals surface area (Å²) in [4.78, 5) is 0. The minimum atomic E-state index is -2.83. The molecular formula is C18H26N2O2Si. The zero-order valence-corrected chi connectivity index (χ0v) is 15.2. The molecule has 0 amide bonds. The van der Waals surface area contributed by atoms with Crippen LogP contribution in [0.4, 0.5) is 11.4 Å². The second kappa shape index (κ2) is 7.17. The maximum Gasteiger partial charge on any atom is 0.407 e. The van der Waals surface area contributed by atoms with Crippen molar-refractivity contribution < 1.29 is 8.85 Å².